The van der Waals surface area contributed by atoms with Gasteiger partial charge in [-0.3, -0.25) is 0 Å². The van der Waals surface area contributed by atoms with Crippen LogP contribution in [0.4, 0.5) is 5.69 Å². The molecule has 0 bridgehead atoms. The average Bonchev–Trinajstić information content (AvgIpc) is 2.91. The van der Waals surface area contributed by atoms with Crippen molar-refractivity contribution in [3.63, 3.8) is 0 Å². The Bertz CT molecular complexity index is 729. The van der Waals surface area contributed by atoms with Gasteiger partial charge in [0.15, 0.2) is 0 Å². The minimum Gasteiger partial charge on any atom is -0.385 e. The van der Waals surface area contributed by atoms with Gasteiger partial charge in [-0.2, -0.15) is 0 Å². The molecule has 2 nitrogen and oxygen atoms in total. The van der Waals surface area contributed by atoms with E-state index in [4.69, 9.17) is 4.98 Å². The molecule has 21 heavy (non-hydrogen) atoms. The predicted octanol–water partition coefficient (Wildman–Crippen LogP) is 5.48. The Hall–Kier alpha value is -1.87. The van der Waals surface area contributed by atoms with Crippen molar-refractivity contribution in [3.8, 4) is 10.6 Å². The summed E-state index contributed by atoms with van der Waals surface area (Å²) in [5.41, 5.74) is 4.75. The summed E-state index contributed by atoms with van der Waals surface area (Å²) in [5, 5.41) is 4.53. The van der Waals surface area contributed by atoms with Crippen molar-refractivity contribution < 1.29 is 0 Å². The molecule has 0 radical (unpaired) electrons. The number of hydrogen-bond donors (Lipinski definition) is 1. The topological polar surface area (TPSA) is 24.9 Å². The second kappa shape index (κ2) is 6.27. The highest BCUT2D eigenvalue weighted by molar-refractivity contribution is 7.21. The average molecular weight is 296 g/mol. The maximum absolute atomic E-state index is 4.73. The van der Waals surface area contributed by atoms with Crippen LogP contribution in [0, 0.1) is 6.92 Å². The maximum atomic E-state index is 4.73. The molecule has 0 saturated carbocycles. The highest BCUT2D eigenvalue weighted by Gasteiger charge is 2.06. The fourth-order valence-electron chi connectivity index (χ4n) is 2.30. The first-order valence-electron chi connectivity index (χ1n) is 7.48. The lowest BCUT2D eigenvalue weighted by atomic mass is 10.2. The monoisotopic (exact) mass is 296 g/mol. The molecular formula is C18H20N2S. The van der Waals surface area contributed by atoms with Gasteiger partial charge in [-0.1, -0.05) is 19.4 Å². The lowest BCUT2D eigenvalue weighted by Crippen LogP contribution is -2.00. The van der Waals surface area contributed by atoms with Gasteiger partial charge in [-0.05, 0) is 55.3 Å². The van der Waals surface area contributed by atoms with Crippen molar-refractivity contribution >= 4 is 27.2 Å². The van der Waals surface area contributed by atoms with Crippen LogP contribution in [0.15, 0.2) is 42.5 Å². The number of nitrogens with one attached hydrogen (secondary N) is 1. The number of unbranched alkanes of at least 4 members (excludes halogenated alkanes) is 1. The Morgan fingerprint density at radius 1 is 1.10 bits per heavy atom. The Morgan fingerprint density at radius 3 is 2.67 bits per heavy atom. The molecule has 0 aliphatic rings. The van der Waals surface area contributed by atoms with Crippen LogP contribution in [0.3, 0.4) is 0 Å². The Labute approximate surface area is 129 Å². The zero-order valence-electron chi connectivity index (χ0n) is 12.5. The van der Waals surface area contributed by atoms with Crippen molar-refractivity contribution in [2.24, 2.45) is 0 Å². The summed E-state index contributed by atoms with van der Waals surface area (Å²) in [6.07, 6.45) is 2.43. The number of fused-ring (bicyclic) bond motifs is 1. The Morgan fingerprint density at radius 2 is 1.90 bits per heavy atom. The van der Waals surface area contributed by atoms with E-state index in [0.29, 0.717) is 0 Å². The number of rotatable bonds is 5. The first-order chi connectivity index (χ1) is 10.3. The minimum absolute atomic E-state index is 1.04. The fourth-order valence-corrected chi connectivity index (χ4v) is 3.36. The molecule has 0 saturated heterocycles. The number of anilines is 1. The van der Waals surface area contributed by atoms with E-state index < -0.39 is 0 Å². The lowest BCUT2D eigenvalue weighted by Gasteiger charge is -2.05. The Balaban J connectivity index is 1.81. The maximum Gasteiger partial charge on any atom is 0.124 e. The molecule has 0 aliphatic carbocycles. The summed E-state index contributed by atoms with van der Waals surface area (Å²) in [7, 11) is 0. The number of benzene rings is 2. The summed E-state index contributed by atoms with van der Waals surface area (Å²) in [6, 6.07) is 15.0. The number of aromatic nitrogens is 1. The molecular weight excluding hydrogens is 276 g/mol. The molecule has 1 heterocycles. The lowest BCUT2D eigenvalue weighted by molar-refractivity contribution is 0.834. The van der Waals surface area contributed by atoms with Gasteiger partial charge in [0.05, 0.1) is 10.2 Å². The molecule has 0 amide bonds. The van der Waals surface area contributed by atoms with Gasteiger partial charge < -0.3 is 5.32 Å². The molecule has 2 aromatic carbocycles. The molecule has 3 aromatic rings. The molecule has 0 unspecified atom stereocenters. The van der Waals surface area contributed by atoms with E-state index in [1.807, 2.05) is 0 Å². The molecule has 1 N–H and O–H groups in total. The quantitative estimate of drug-likeness (QED) is 0.630. The van der Waals surface area contributed by atoms with Crippen LogP contribution in [0.25, 0.3) is 20.8 Å². The van der Waals surface area contributed by atoms with Crippen LogP contribution in [-0.2, 0) is 0 Å². The summed E-state index contributed by atoms with van der Waals surface area (Å²) >= 11 is 1.76. The predicted molar refractivity (Wildman–Crippen MR) is 93.2 cm³/mol. The largest absolute Gasteiger partial charge is 0.385 e. The van der Waals surface area contributed by atoms with Crippen LogP contribution < -0.4 is 5.32 Å². The third-order valence-corrected chi connectivity index (χ3v) is 4.60. The van der Waals surface area contributed by atoms with Crippen LogP contribution >= 0.6 is 11.3 Å². The molecule has 3 rings (SSSR count). The summed E-state index contributed by atoms with van der Waals surface area (Å²) in [5.74, 6) is 0. The van der Waals surface area contributed by atoms with Crippen LogP contribution in [0.1, 0.15) is 25.3 Å². The normalized spacial score (nSPS) is 11.0. The second-order valence-corrected chi connectivity index (χ2v) is 6.38. The van der Waals surface area contributed by atoms with Crippen molar-refractivity contribution in [2.45, 2.75) is 26.7 Å². The number of thiazole rings is 1. The first-order valence-corrected chi connectivity index (χ1v) is 8.29. The zero-order valence-corrected chi connectivity index (χ0v) is 13.3. The van der Waals surface area contributed by atoms with Gasteiger partial charge in [0.2, 0.25) is 0 Å². The number of aryl methyl sites for hydroxylation is 1. The van der Waals surface area contributed by atoms with Crippen LogP contribution in [-0.4, -0.2) is 11.5 Å². The zero-order chi connectivity index (χ0) is 14.7. The molecule has 0 aliphatic heterocycles. The van der Waals surface area contributed by atoms with E-state index in [2.05, 4.69) is 61.6 Å². The van der Waals surface area contributed by atoms with Gasteiger partial charge >= 0.3 is 0 Å². The smallest absolute Gasteiger partial charge is 0.124 e. The number of nitrogens with zero attached hydrogens (tertiary/aromatic N) is 1. The van der Waals surface area contributed by atoms with E-state index >= 15 is 0 Å². The SMILES string of the molecule is CCCCNc1ccc(-c2nc3ccc(C)cc3s2)cc1. The van der Waals surface area contributed by atoms with E-state index in [1.165, 1.54) is 34.4 Å². The van der Waals surface area contributed by atoms with E-state index in [1.54, 1.807) is 11.3 Å². The van der Waals surface area contributed by atoms with Crippen LogP contribution in [0.2, 0.25) is 0 Å². The highest BCUT2D eigenvalue weighted by Crippen LogP contribution is 2.31. The van der Waals surface area contributed by atoms with Gasteiger partial charge in [0.1, 0.15) is 5.01 Å². The van der Waals surface area contributed by atoms with E-state index in [9.17, 15) is 0 Å². The van der Waals surface area contributed by atoms with Gasteiger partial charge in [0, 0.05) is 17.8 Å². The van der Waals surface area contributed by atoms with Gasteiger partial charge in [-0.25, -0.2) is 4.98 Å². The second-order valence-electron chi connectivity index (χ2n) is 5.35. The first kappa shape index (κ1) is 14.1. The standard InChI is InChI=1S/C18H20N2S/c1-3-4-11-19-15-8-6-14(7-9-15)18-20-16-10-5-13(2)12-17(16)21-18/h5-10,12,19H,3-4,11H2,1-2H3. The third-order valence-electron chi connectivity index (χ3n) is 3.54. The minimum atomic E-state index is 1.04. The van der Waals surface area contributed by atoms with E-state index in [0.717, 1.165) is 17.1 Å². The van der Waals surface area contributed by atoms with Gasteiger partial charge in [0.25, 0.3) is 0 Å². The summed E-state index contributed by atoms with van der Waals surface area (Å²) < 4.78 is 1.26. The highest BCUT2D eigenvalue weighted by atomic mass is 32.1. The summed E-state index contributed by atoms with van der Waals surface area (Å²) in [6.45, 7) is 5.37. The van der Waals surface area contributed by atoms with Crippen LogP contribution in [0.5, 0.6) is 0 Å². The Kier molecular flexibility index (Phi) is 4.20. The van der Waals surface area contributed by atoms with Crippen molar-refractivity contribution in [1.29, 1.82) is 0 Å². The van der Waals surface area contributed by atoms with Gasteiger partial charge in [-0.15, -0.1) is 11.3 Å². The fraction of sp³-hybridized carbons (Fsp3) is 0.278. The third kappa shape index (κ3) is 3.24. The number of hydrogen-bond acceptors (Lipinski definition) is 3. The van der Waals surface area contributed by atoms with Crippen molar-refractivity contribution in [2.75, 3.05) is 11.9 Å². The summed E-state index contributed by atoms with van der Waals surface area (Å²) in [4.78, 5) is 4.73. The van der Waals surface area contributed by atoms with E-state index in [-0.39, 0.29) is 0 Å². The molecule has 108 valence electrons. The molecule has 3 heteroatoms. The van der Waals surface area contributed by atoms with Crippen molar-refractivity contribution in [3.05, 3.63) is 48.0 Å². The molecule has 0 fully saturated rings. The van der Waals surface area contributed by atoms with Crippen molar-refractivity contribution in [1.82, 2.24) is 4.98 Å². The molecule has 0 atom stereocenters. The molecule has 0 spiro atoms. The molecule has 1 aromatic heterocycles.